The van der Waals surface area contributed by atoms with E-state index < -0.39 is 5.91 Å². The number of amides is 1. The highest BCUT2D eigenvalue weighted by molar-refractivity contribution is 5.89. The topological polar surface area (TPSA) is 95.7 Å². The number of para-hydroxylation sites is 1. The zero-order valence-electron chi connectivity index (χ0n) is 15.0. The number of aromatic nitrogens is 2. The first kappa shape index (κ1) is 18.2. The minimum absolute atomic E-state index is 0.0123. The van der Waals surface area contributed by atoms with E-state index in [4.69, 9.17) is 18.6 Å². The molecule has 0 aliphatic rings. The molecule has 1 N–H and O–H groups in total. The molecule has 0 spiro atoms. The monoisotopic (exact) mass is 369 g/mol. The Bertz CT molecular complexity index is 892. The van der Waals surface area contributed by atoms with Crippen LogP contribution in [0.15, 0.2) is 52.9 Å². The van der Waals surface area contributed by atoms with Gasteiger partial charge in [-0.15, -0.1) is 5.10 Å². The van der Waals surface area contributed by atoms with Crippen LogP contribution in [0, 0.1) is 6.92 Å². The van der Waals surface area contributed by atoms with Crippen LogP contribution in [-0.4, -0.2) is 29.8 Å². The number of nitrogens with one attached hydrogen (secondary N) is 1. The third-order valence-corrected chi connectivity index (χ3v) is 3.59. The van der Waals surface area contributed by atoms with Crippen molar-refractivity contribution in [3.8, 4) is 17.2 Å². The van der Waals surface area contributed by atoms with Gasteiger partial charge in [0, 0.05) is 0 Å². The van der Waals surface area contributed by atoms with Crippen molar-refractivity contribution in [2.45, 2.75) is 13.5 Å². The summed E-state index contributed by atoms with van der Waals surface area (Å²) in [5.74, 6) is 1.82. The van der Waals surface area contributed by atoms with Crippen LogP contribution in [0.3, 0.4) is 0 Å². The summed E-state index contributed by atoms with van der Waals surface area (Å²) >= 11 is 0. The smallest absolute Gasteiger partial charge is 0.322 e. The summed E-state index contributed by atoms with van der Waals surface area (Å²) in [6, 6.07) is 14.5. The van der Waals surface area contributed by atoms with Crippen LogP contribution in [-0.2, 0) is 11.4 Å². The fraction of sp³-hybridized carbons (Fsp3) is 0.211. The molecule has 27 heavy (non-hydrogen) atoms. The molecule has 1 heterocycles. The van der Waals surface area contributed by atoms with Crippen LogP contribution in [0.1, 0.15) is 11.5 Å². The molecule has 0 radical (unpaired) electrons. The van der Waals surface area contributed by atoms with E-state index in [0.29, 0.717) is 11.5 Å². The average molecular weight is 369 g/mol. The Morgan fingerprint density at radius 3 is 2.52 bits per heavy atom. The van der Waals surface area contributed by atoms with Crippen molar-refractivity contribution < 1.29 is 23.4 Å². The van der Waals surface area contributed by atoms with Crippen molar-refractivity contribution in [3.05, 3.63) is 60.0 Å². The van der Waals surface area contributed by atoms with Crippen LogP contribution in [0.25, 0.3) is 0 Å². The number of rotatable bonds is 8. The molecular weight excluding hydrogens is 350 g/mol. The second kappa shape index (κ2) is 8.70. The van der Waals surface area contributed by atoms with E-state index in [1.54, 1.807) is 31.4 Å². The van der Waals surface area contributed by atoms with E-state index in [1.807, 2.05) is 31.2 Å². The molecule has 2 aromatic carbocycles. The Morgan fingerprint density at radius 2 is 1.78 bits per heavy atom. The third kappa shape index (κ3) is 5.21. The molecule has 0 aliphatic carbocycles. The van der Waals surface area contributed by atoms with Crippen molar-refractivity contribution in [1.82, 2.24) is 10.2 Å². The maximum absolute atomic E-state index is 11.9. The lowest BCUT2D eigenvalue weighted by atomic mass is 10.2. The zero-order valence-corrected chi connectivity index (χ0v) is 15.0. The first-order valence-electron chi connectivity index (χ1n) is 8.21. The molecule has 0 saturated heterocycles. The van der Waals surface area contributed by atoms with Gasteiger partial charge in [-0.1, -0.05) is 23.3 Å². The minimum Gasteiger partial charge on any atom is -0.497 e. The number of ether oxygens (including phenoxy) is 3. The number of methoxy groups -OCH3 is 1. The maximum Gasteiger partial charge on any atom is 0.322 e. The number of anilines is 1. The highest BCUT2D eigenvalue weighted by atomic mass is 16.5. The zero-order chi connectivity index (χ0) is 19.1. The lowest BCUT2D eigenvalue weighted by Gasteiger charge is -2.06. The van der Waals surface area contributed by atoms with Crippen molar-refractivity contribution >= 4 is 11.9 Å². The number of hydrogen-bond acceptors (Lipinski definition) is 7. The van der Waals surface area contributed by atoms with Gasteiger partial charge in [0.1, 0.15) is 17.2 Å². The van der Waals surface area contributed by atoms with E-state index in [1.165, 1.54) is 0 Å². The van der Waals surface area contributed by atoms with E-state index in [-0.39, 0.29) is 25.1 Å². The summed E-state index contributed by atoms with van der Waals surface area (Å²) < 4.78 is 21.4. The number of carbonyl (C=O) groups excluding carboxylic acids is 1. The molecule has 3 aromatic rings. The van der Waals surface area contributed by atoms with Gasteiger partial charge in [0.25, 0.3) is 11.8 Å². The molecule has 0 saturated carbocycles. The summed E-state index contributed by atoms with van der Waals surface area (Å²) in [6.07, 6.45) is 0. The Kier molecular flexibility index (Phi) is 5.88. The SMILES string of the molecule is COc1ccc(OCC(=O)Nc2nnc(COc3ccccc3C)o2)cc1. The molecular formula is C19H19N3O5. The summed E-state index contributed by atoms with van der Waals surface area (Å²) in [7, 11) is 1.58. The first-order valence-corrected chi connectivity index (χ1v) is 8.21. The molecule has 0 unspecified atom stereocenters. The summed E-state index contributed by atoms with van der Waals surface area (Å²) in [6.45, 7) is 1.86. The summed E-state index contributed by atoms with van der Waals surface area (Å²) in [4.78, 5) is 11.9. The fourth-order valence-corrected chi connectivity index (χ4v) is 2.20. The third-order valence-electron chi connectivity index (χ3n) is 3.59. The first-order chi connectivity index (χ1) is 13.1. The van der Waals surface area contributed by atoms with E-state index in [0.717, 1.165) is 11.3 Å². The van der Waals surface area contributed by atoms with E-state index in [9.17, 15) is 4.79 Å². The van der Waals surface area contributed by atoms with Gasteiger partial charge in [-0.3, -0.25) is 10.1 Å². The molecule has 8 nitrogen and oxygen atoms in total. The van der Waals surface area contributed by atoms with Crippen LogP contribution in [0.4, 0.5) is 6.01 Å². The highest BCUT2D eigenvalue weighted by Crippen LogP contribution is 2.18. The van der Waals surface area contributed by atoms with Gasteiger partial charge in [-0.2, -0.15) is 0 Å². The molecule has 8 heteroatoms. The molecule has 0 aliphatic heterocycles. The molecule has 140 valence electrons. The molecule has 3 rings (SSSR count). The largest absolute Gasteiger partial charge is 0.497 e. The maximum atomic E-state index is 11.9. The average Bonchev–Trinajstić information content (AvgIpc) is 3.13. The molecule has 1 amide bonds. The van der Waals surface area contributed by atoms with Crippen LogP contribution >= 0.6 is 0 Å². The predicted molar refractivity (Wildman–Crippen MR) is 96.9 cm³/mol. The molecule has 0 bridgehead atoms. The Morgan fingerprint density at radius 1 is 1.04 bits per heavy atom. The second-order valence-electron chi connectivity index (χ2n) is 5.57. The van der Waals surface area contributed by atoms with Gasteiger partial charge >= 0.3 is 6.01 Å². The quantitative estimate of drug-likeness (QED) is 0.652. The lowest BCUT2D eigenvalue weighted by molar-refractivity contribution is -0.118. The van der Waals surface area contributed by atoms with Crippen LogP contribution in [0.2, 0.25) is 0 Å². The molecule has 0 atom stereocenters. The second-order valence-corrected chi connectivity index (χ2v) is 5.57. The number of aryl methyl sites for hydroxylation is 1. The van der Waals surface area contributed by atoms with Gasteiger partial charge < -0.3 is 18.6 Å². The number of carbonyl (C=O) groups is 1. The number of benzene rings is 2. The fourth-order valence-electron chi connectivity index (χ4n) is 2.20. The minimum atomic E-state index is -0.416. The normalized spacial score (nSPS) is 10.3. The summed E-state index contributed by atoms with van der Waals surface area (Å²) in [5.41, 5.74) is 1.00. The lowest BCUT2D eigenvalue weighted by Crippen LogP contribution is -2.20. The van der Waals surface area contributed by atoms with Crippen molar-refractivity contribution in [2.75, 3.05) is 19.0 Å². The van der Waals surface area contributed by atoms with Gasteiger partial charge in [-0.25, -0.2) is 0 Å². The van der Waals surface area contributed by atoms with Gasteiger partial charge in [0.05, 0.1) is 7.11 Å². The van der Waals surface area contributed by atoms with Crippen LogP contribution in [0.5, 0.6) is 17.2 Å². The van der Waals surface area contributed by atoms with Crippen molar-refractivity contribution in [3.63, 3.8) is 0 Å². The standard InChI is InChI=1S/C19H19N3O5/c1-13-5-3-4-6-16(13)26-12-18-21-22-19(27-18)20-17(23)11-25-15-9-7-14(24-2)8-10-15/h3-10H,11-12H2,1-2H3,(H,20,22,23). The summed E-state index contributed by atoms with van der Waals surface area (Å²) in [5, 5.41) is 10.1. The predicted octanol–water partition coefficient (Wildman–Crippen LogP) is 2.98. The molecule has 0 fully saturated rings. The van der Waals surface area contributed by atoms with Crippen LogP contribution < -0.4 is 19.5 Å². The van der Waals surface area contributed by atoms with E-state index in [2.05, 4.69) is 15.5 Å². The van der Waals surface area contributed by atoms with E-state index >= 15 is 0 Å². The van der Waals surface area contributed by atoms with Gasteiger partial charge in [0.15, 0.2) is 13.2 Å². The molecule has 1 aromatic heterocycles. The van der Waals surface area contributed by atoms with Gasteiger partial charge in [-0.05, 0) is 42.8 Å². The van der Waals surface area contributed by atoms with Gasteiger partial charge in [0.2, 0.25) is 0 Å². The van der Waals surface area contributed by atoms with Crippen molar-refractivity contribution in [2.24, 2.45) is 0 Å². The number of nitrogens with zero attached hydrogens (tertiary/aromatic N) is 2. The Labute approximate surface area is 156 Å². The van der Waals surface area contributed by atoms with Crippen molar-refractivity contribution in [1.29, 1.82) is 0 Å². The highest BCUT2D eigenvalue weighted by Gasteiger charge is 2.11. The number of hydrogen-bond donors (Lipinski definition) is 1. The Hall–Kier alpha value is -3.55. The Balaban J connectivity index is 1.46.